The van der Waals surface area contributed by atoms with E-state index in [-0.39, 0.29) is 5.91 Å². The summed E-state index contributed by atoms with van der Waals surface area (Å²) < 4.78 is 0. The van der Waals surface area contributed by atoms with Crippen LogP contribution in [0.1, 0.15) is 24.0 Å². The van der Waals surface area contributed by atoms with Gasteiger partial charge in [-0.1, -0.05) is 60.7 Å². The smallest absolute Gasteiger partial charge is 0.219 e. The number of nitrogens with one attached hydrogen (secondary N) is 1. The van der Waals surface area contributed by atoms with Crippen LogP contribution in [0.5, 0.6) is 0 Å². The van der Waals surface area contributed by atoms with E-state index in [0.29, 0.717) is 6.42 Å². The molecule has 1 amide bonds. The first-order valence-electron chi connectivity index (χ1n) is 7.78. The van der Waals surface area contributed by atoms with Gasteiger partial charge in [0.1, 0.15) is 0 Å². The van der Waals surface area contributed by atoms with Crippen molar-refractivity contribution in [1.29, 1.82) is 0 Å². The molecule has 0 saturated heterocycles. The lowest BCUT2D eigenvalue weighted by Crippen LogP contribution is -2.26. The van der Waals surface area contributed by atoms with Gasteiger partial charge in [0, 0.05) is 26.6 Å². The van der Waals surface area contributed by atoms with Crippen molar-refractivity contribution in [2.45, 2.75) is 25.9 Å². The fourth-order valence-corrected chi connectivity index (χ4v) is 2.49. The van der Waals surface area contributed by atoms with E-state index < -0.39 is 0 Å². The minimum atomic E-state index is 0.111. The highest BCUT2D eigenvalue weighted by atomic mass is 16.1. The monoisotopic (exact) mass is 296 g/mol. The maximum absolute atomic E-state index is 11.4. The van der Waals surface area contributed by atoms with Gasteiger partial charge in [0.25, 0.3) is 0 Å². The molecule has 0 atom stereocenters. The van der Waals surface area contributed by atoms with Gasteiger partial charge in [-0.25, -0.2) is 0 Å². The average Bonchev–Trinajstić information content (AvgIpc) is 2.56. The molecular formula is C19H24N2O. The van der Waals surface area contributed by atoms with Crippen LogP contribution in [-0.2, 0) is 17.9 Å². The Morgan fingerprint density at radius 3 is 1.86 bits per heavy atom. The molecule has 2 aromatic rings. The van der Waals surface area contributed by atoms with Crippen molar-refractivity contribution < 1.29 is 4.79 Å². The van der Waals surface area contributed by atoms with E-state index in [0.717, 1.165) is 26.1 Å². The molecule has 0 bridgehead atoms. The number of hydrogen-bond acceptors (Lipinski definition) is 2. The van der Waals surface area contributed by atoms with E-state index in [1.807, 2.05) is 12.1 Å². The molecule has 0 aromatic heterocycles. The molecule has 1 N–H and O–H groups in total. The van der Waals surface area contributed by atoms with Crippen LogP contribution < -0.4 is 5.32 Å². The van der Waals surface area contributed by atoms with E-state index in [2.05, 4.69) is 58.7 Å². The molecule has 2 rings (SSSR count). The molecule has 3 heteroatoms. The molecule has 3 nitrogen and oxygen atoms in total. The lowest BCUT2D eigenvalue weighted by atomic mass is 10.1. The maximum atomic E-state index is 11.4. The molecule has 0 spiro atoms. The van der Waals surface area contributed by atoms with E-state index in [1.165, 1.54) is 11.1 Å². The van der Waals surface area contributed by atoms with Gasteiger partial charge in [-0.05, 0) is 24.1 Å². The van der Waals surface area contributed by atoms with E-state index >= 15 is 0 Å². The summed E-state index contributed by atoms with van der Waals surface area (Å²) in [7, 11) is 1.69. The van der Waals surface area contributed by atoms with Crippen molar-refractivity contribution >= 4 is 5.91 Å². The molecule has 0 heterocycles. The molecule has 22 heavy (non-hydrogen) atoms. The largest absolute Gasteiger partial charge is 0.359 e. The number of amides is 1. The van der Waals surface area contributed by atoms with Gasteiger partial charge in [-0.3, -0.25) is 9.69 Å². The summed E-state index contributed by atoms with van der Waals surface area (Å²) in [5.41, 5.74) is 2.61. The maximum Gasteiger partial charge on any atom is 0.219 e. The SMILES string of the molecule is CNC(=O)CCCN(Cc1ccccc1)Cc1ccccc1. The fraction of sp³-hybridized carbons (Fsp3) is 0.316. The third-order valence-corrected chi connectivity index (χ3v) is 3.66. The minimum absolute atomic E-state index is 0.111. The van der Waals surface area contributed by atoms with Gasteiger partial charge < -0.3 is 5.32 Å². The zero-order valence-electron chi connectivity index (χ0n) is 13.2. The second-order valence-electron chi connectivity index (χ2n) is 5.46. The lowest BCUT2D eigenvalue weighted by molar-refractivity contribution is -0.120. The predicted molar refractivity (Wildman–Crippen MR) is 90.3 cm³/mol. The highest BCUT2D eigenvalue weighted by Crippen LogP contribution is 2.11. The van der Waals surface area contributed by atoms with Crippen LogP contribution in [0.15, 0.2) is 60.7 Å². The van der Waals surface area contributed by atoms with Crippen molar-refractivity contribution in [3.05, 3.63) is 71.8 Å². The zero-order valence-corrected chi connectivity index (χ0v) is 13.2. The third-order valence-electron chi connectivity index (χ3n) is 3.66. The molecule has 0 fully saturated rings. The van der Waals surface area contributed by atoms with Crippen LogP contribution in [0, 0.1) is 0 Å². The van der Waals surface area contributed by atoms with Crippen molar-refractivity contribution in [3.63, 3.8) is 0 Å². The molecule has 0 saturated carbocycles. The Hall–Kier alpha value is -2.13. The van der Waals surface area contributed by atoms with Gasteiger partial charge in [0.15, 0.2) is 0 Å². The van der Waals surface area contributed by atoms with Crippen molar-refractivity contribution in [2.75, 3.05) is 13.6 Å². The highest BCUT2D eigenvalue weighted by Gasteiger charge is 2.08. The van der Waals surface area contributed by atoms with Gasteiger partial charge in [-0.2, -0.15) is 0 Å². The average molecular weight is 296 g/mol. The van der Waals surface area contributed by atoms with Gasteiger partial charge in [0.05, 0.1) is 0 Å². The van der Waals surface area contributed by atoms with Crippen LogP contribution in [-0.4, -0.2) is 24.4 Å². The van der Waals surface area contributed by atoms with Crippen molar-refractivity contribution in [3.8, 4) is 0 Å². The van der Waals surface area contributed by atoms with Crippen LogP contribution in [0.3, 0.4) is 0 Å². The first-order chi connectivity index (χ1) is 10.8. The van der Waals surface area contributed by atoms with Crippen LogP contribution >= 0.6 is 0 Å². The van der Waals surface area contributed by atoms with Gasteiger partial charge in [-0.15, -0.1) is 0 Å². The van der Waals surface area contributed by atoms with E-state index in [4.69, 9.17) is 0 Å². The van der Waals surface area contributed by atoms with Crippen LogP contribution in [0.2, 0.25) is 0 Å². The Bertz CT molecular complexity index is 513. The number of hydrogen-bond donors (Lipinski definition) is 1. The molecule has 0 radical (unpaired) electrons. The quantitative estimate of drug-likeness (QED) is 0.811. The molecule has 2 aromatic carbocycles. The Labute approximate surface area is 133 Å². The van der Waals surface area contributed by atoms with Crippen molar-refractivity contribution in [1.82, 2.24) is 10.2 Å². The summed E-state index contributed by atoms with van der Waals surface area (Å²) in [5, 5.41) is 2.68. The lowest BCUT2D eigenvalue weighted by Gasteiger charge is -2.22. The number of carbonyl (C=O) groups is 1. The van der Waals surface area contributed by atoms with Crippen LogP contribution in [0.4, 0.5) is 0 Å². The topological polar surface area (TPSA) is 32.3 Å². The normalized spacial score (nSPS) is 10.6. The molecule has 116 valence electrons. The molecule has 0 unspecified atom stereocenters. The summed E-state index contributed by atoms with van der Waals surface area (Å²) in [5.74, 6) is 0.111. The van der Waals surface area contributed by atoms with Gasteiger partial charge >= 0.3 is 0 Å². The molecular weight excluding hydrogens is 272 g/mol. The highest BCUT2D eigenvalue weighted by molar-refractivity contribution is 5.75. The van der Waals surface area contributed by atoms with E-state index in [9.17, 15) is 4.79 Å². The molecule has 0 aliphatic heterocycles. The Kier molecular flexibility index (Phi) is 6.65. The third kappa shape index (κ3) is 5.70. The summed E-state index contributed by atoms with van der Waals surface area (Å²) in [4.78, 5) is 13.8. The minimum Gasteiger partial charge on any atom is -0.359 e. The summed E-state index contributed by atoms with van der Waals surface area (Å²) in [6, 6.07) is 21.0. The number of carbonyl (C=O) groups excluding carboxylic acids is 1. The number of nitrogens with zero attached hydrogens (tertiary/aromatic N) is 1. The van der Waals surface area contributed by atoms with Gasteiger partial charge in [0.2, 0.25) is 5.91 Å². The van der Waals surface area contributed by atoms with Crippen LogP contribution in [0.25, 0.3) is 0 Å². The second-order valence-corrected chi connectivity index (χ2v) is 5.46. The zero-order chi connectivity index (χ0) is 15.6. The Morgan fingerprint density at radius 2 is 1.41 bits per heavy atom. The second kappa shape index (κ2) is 9.00. The van der Waals surface area contributed by atoms with E-state index in [1.54, 1.807) is 7.05 Å². The predicted octanol–water partition coefficient (Wildman–Crippen LogP) is 3.22. The first-order valence-corrected chi connectivity index (χ1v) is 7.78. The van der Waals surface area contributed by atoms with Crippen molar-refractivity contribution in [2.24, 2.45) is 0 Å². The number of rotatable bonds is 8. The number of benzene rings is 2. The molecule has 0 aliphatic carbocycles. The molecule has 0 aliphatic rings. The Balaban J connectivity index is 1.95. The summed E-state index contributed by atoms with van der Waals surface area (Å²) >= 11 is 0. The summed E-state index contributed by atoms with van der Waals surface area (Å²) in [6.45, 7) is 2.73. The first kappa shape index (κ1) is 16.2. The Morgan fingerprint density at radius 1 is 0.909 bits per heavy atom. The standard InChI is InChI=1S/C19H24N2O/c1-20-19(22)13-8-14-21(15-17-9-4-2-5-10-17)16-18-11-6-3-7-12-18/h2-7,9-12H,8,13-16H2,1H3,(H,20,22). The fourth-order valence-electron chi connectivity index (χ4n) is 2.49. The summed E-state index contributed by atoms with van der Waals surface area (Å²) in [6.07, 6.45) is 1.45.